The van der Waals surface area contributed by atoms with E-state index in [1.807, 2.05) is 6.92 Å². The van der Waals surface area contributed by atoms with E-state index in [0.717, 1.165) is 0 Å². The molecule has 0 bridgehead atoms. The third kappa shape index (κ3) is 3.68. The molecule has 0 saturated carbocycles. The summed E-state index contributed by atoms with van der Waals surface area (Å²) in [5.41, 5.74) is 0. The first-order valence-corrected chi connectivity index (χ1v) is 5.42. The molecular formula is C9H15ClN2O3. The van der Waals surface area contributed by atoms with Crippen molar-refractivity contribution < 1.29 is 14.3 Å². The predicted octanol–water partition coefficient (Wildman–Crippen LogP) is 0.572. The van der Waals surface area contributed by atoms with Crippen LogP contribution in [0.15, 0.2) is 0 Å². The van der Waals surface area contributed by atoms with Gasteiger partial charge in [-0.3, -0.25) is 10.1 Å². The van der Waals surface area contributed by atoms with E-state index in [9.17, 15) is 9.59 Å². The Labute approximate surface area is 93.7 Å². The molecule has 1 rings (SSSR count). The lowest BCUT2D eigenvalue weighted by molar-refractivity contribution is -0.120. The second kappa shape index (κ2) is 5.92. The number of ether oxygens (including phenoxy) is 1. The minimum Gasteiger partial charge on any atom is -0.377 e. The van der Waals surface area contributed by atoms with Gasteiger partial charge in [0.05, 0.1) is 19.3 Å². The highest BCUT2D eigenvalue weighted by Crippen LogP contribution is 2.05. The molecule has 1 saturated heterocycles. The molecule has 0 aromatic rings. The summed E-state index contributed by atoms with van der Waals surface area (Å²) in [6.07, 6.45) is 0.159. The Kier molecular flexibility index (Phi) is 4.84. The molecule has 0 spiro atoms. The van der Waals surface area contributed by atoms with E-state index in [-0.39, 0.29) is 30.3 Å². The van der Waals surface area contributed by atoms with Gasteiger partial charge in [-0.15, -0.1) is 11.6 Å². The van der Waals surface area contributed by atoms with Gasteiger partial charge in [0.25, 0.3) is 0 Å². The molecule has 5 nitrogen and oxygen atoms in total. The number of morpholine rings is 1. The Morgan fingerprint density at radius 3 is 2.93 bits per heavy atom. The van der Waals surface area contributed by atoms with Crippen LogP contribution in [0.4, 0.5) is 4.79 Å². The highest BCUT2D eigenvalue weighted by molar-refractivity contribution is 6.19. The van der Waals surface area contributed by atoms with Gasteiger partial charge >= 0.3 is 6.03 Å². The molecule has 0 aromatic carbocycles. The summed E-state index contributed by atoms with van der Waals surface area (Å²) < 4.78 is 5.19. The number of hydrogen-bond acceptors (Lipinski definition) is 3. The number of imide groups is 1. The number of nitrogens with zero attached hydrogens (tertiary/aromatic N) is 1. The van der Waals surface area contributed by atoms with Crippen molar-refractivity contribution in [1.82, 2.24) is 10.2 Å². The number of hydrogen-bond donors (Lipinski definition) is 1. The molecular weight excluding hydrogens is 220 g/mol. The average Bonchev–Trinajstić information content (AvgIpc) is 2.18. The number of nitrogens with one attached hydrogen (secondary N) is 1. The summed E-state index contributed by atoms with van der Waals surface area (Å²) in [4.78, 5) is 24.3. The standard InChI is InChI=1S/C9H15ClN2O3/c1-7-6-15-5-4-12(7)9(14)11-8(13)2-3-10/h7H,2-6H2,1H3,(H,11,13,14). The van der Waals surface area contributed by atoms with Crippen molar-refractivity contribution in [3.63, 3.8) is 0 Å². The maximum atomic E-state index is 11.6. The lowest BCUT2D eigenvalue weighted by Crippen LogP contribution is -2.52. The number of halogens is 1. The summed E-state index contributed by atoms with van der Waals surface area (Å²) in [5, 5.41) is 2.29. The van der Waals surface area contributed by atoms with Crippen molar-refractivity contribution in [3.8, 4) is 0 Å². The van der Waals surface area contributed by atoms with Crippen molar-refractivity contribution in [2.24, 2.45) is 0 Å². The summed E-state index contributed by atoms with van der Waals surface area (Å²) >= 11 is 5.39. The third-order valence-electron chi connectivity index (χ3n) is 2.20. The van der Waals surface area contributed by atoms with Gasteiger partial charge in [-0.25, -0.2) is 4.79 Å². The number of urea groups is 1. The van der Waals surface area contributed by atoms with Gasteiger partial charge < -0.3 is 9.64 Å². The van der Waals surface area contributed by atoms with Crippen molar-refractivity contribution in [2.75, 3.05) is 25.6 Å². The maximum absolute atomic E-state index is 11.6. The van der Waals surface area contributed by atoms with E-state index in [0.29, 0.717) is 19.8 Å². The number of carbonyl (C=O) groups is 2. The van der Waals surface area contributed by atoms with Crippen LogP contribution in [0.25, 0.3) is 0 Å². The van der Waals surface area contributed by atoms with Gasteiger partial charge in [-0.05, 0) is 6.92 Å². The van der Waals surface area contributed by atoms with Gasteiger partial charge in [0.1, 0.15) is 0 Å². The summed E-state index contributed by atoms with van der Waals surface area (Å²) in [6, 6.07) is -0.358. The Balaban J connectivity index is 2.41. The normalized spacial score (nSPS) is 21.2. The summed E-state index contributed by atoms with van der Waals surface area (Å²) in [5.74, 6) is -0.119. The lowest BCUT2D eigenvalue weighted by atomic mass is 10.3. The highest BCUT2D eigenvalue weighted by Gasteiger charge is 2.24. The molecule has 0 aromatic heterocycles. The first-order chi connectivity index (χ1) is 7.15. The fraction of sp³-hybridized carbons (Fsp3) is 0.778. The monoisotopic (exact) mass is 234 g/mol. The number of carbonyl (C=O) groups excluding carboxylic acids is 2. The predicted molar refractivity (Wildman–Crippen MR) is 55.9 cm³/mol. The van der Waals surface area contributed by atoms with Crippen LogP contribution in [0.2, 0.25) is 0 Å². The van der Waals surface area contributed by atoms with Gasteiger partial charge in [-0.1, -0.05) is 0 Å². The molecule has 1 aliphatic rings. The molecule has 1 fully saturated rings. The lowest BCUT2D eigenvalue weighted by Gasteiger charge is -2.32. The molecule has 3 amide bonds. The summed E-state index contributed by atoms with van der Waals surface area (Å²) in [6.45, 7) is 3.42. The number of rotatable bonds is 2. The molecule has 1 atom stereocenters. The Hall–Kier alpha value is -0.810. The van der Waals surface area contributed by atoms with Crippen molar-refractivity contribution >= 4 is 23.5 Å². The minimum absolute atomic E-state index is 0.00236. The zero-order valence-electron chi connectivity index (χ0n) is 8.66. The van der Waals surface area contributed by atoms with E-state index in [1.165, 1.54) is 0 Å². The molecule has 1 N–H and O–H groups in total. The van der Waals surface area contributed by atoms with E-state index >= 15 is 0 Å². The zero-order valence-corrected chi connectivity index (χ0v) is 9.42. The van der Waals surface area contributed by atoms with Crippen LogP contribution in [0.3, 0.4) is 0 Å². The largest absolute Gasteiger partial charge is 0.377 e. The molecule has 0 radical (unpaired) electrons. The quantitative estimate of drug-likeness (QED) is 0.711. The minimum atomic E-state index is -0.360. The first-order valence-electron chi connectivity index (χ1n) is 4.89. The Morgan fingerprint density at radius 1 is 1.60 bits per heavy atom. The van der Waals surface area contributed by atoms with Crippen LogP contribution in [0, 0.1) is 0 Å². The van der Waals surface area contributed by atoms with Gasteiger partial charge in [0.15, 0.2) is 0 Å². The Morgan fingerprint density at radius 2 is 2.33 bits per heavy atom. The van der Waals surface area contributed by atoms with E-state index in [4.69, 9.17) is 16.3 Å². The molecule has 0 aliphatic carbocycles. The topological polar surface area (TPSA) is 58.6 Å². The van der Waals surface area contributed by atoms with Crippen LogP contribution >= 0.6 is 11.6 Å². The van der Waals surface area contributed by atoms with Crippen LogP contribution in [0.1, 0.15) is 13.3 Å². The van der Waals surface area contributed by atoms with E-state index in [1.54, 1.807) is 4.90 Å². The van der Waals surface area contributed by atoms with Gasteiger partial charge in [-0.2, -0.15) is 0 Å². The molecule has 1 heterocycles. The Bertz CT molecular complexity index is 248. The molecule has 6 heteroatoms. The van der Waals surface area contributed by atoms with Crippen molar-refractivity contribution in [2.45, 2.75) is 19.4 Å². The van der Waals surface area contributed by atoms with Crippen molar-refractivity contribution in [3.05, 3.63) is 0 Å². The average molecular weight is 235 g/mol. The number of amides is 3. The number of alkyl halides is 1. The van der Waals surface area contributed by atoms with Crippen molar-refractivity contribution in [1.29, 1.82) is 0 Å². The van der Waals surface area contributed by atoms with Gasteiger partial charge in [0.2, 0.25) is 5.91 Å². The molecule has 86 valence electrons. The fourth-order valence-electron chi connectivity index (χ4n) is 1.37. The van der Waals surface area contributed by atoms with Crippen LogP contribution in [0.5, 0.6) is 0 Å². The maximum Gasteiger partial charge on any atom is 0.324 e. The van der Waals surface area contributed by atoms with Crippen LogP contribution < -0.4 is 5.32 Å². The zero-order chi connectivity index (χ0) is 11.3. The van der Waals surface area contributed by atoms with Gasteiger partial charge in [0, 0.05) is 18.8 Å². The fourth-order valence-corrected chi connectivity index (χ4v) is 1.54. The third-order valence-corrected chi connectivity index (χ3v) is 2.39. The molecule has 15 heavy (non-hydrogen) atoms. The summed E-state index contributed by atoms with van der Waals surface area (Å²) in [7, 11) is 0. The second-order valence-electron chi connectivity index (χ2n) is 3.41. The highest BCUT2D eigenvalue weighted by atomic mass is 35.5. The SMILES string of the molecule is CC1COCCN1C(=O)NC(=O)CCCl. The molecule has 1 unspecified atom stereocenters. The second-order valence-corrected chi connectivity index (χ2v) is 3.79. The van der Waals surface area contributed by atoms with Crippen LogP contribution in [-0.2, 0) is 9.53 Å². The first kappa shape index (κ1) is 12.3. The smallest absolute Gasteiger partial charge is 0.324 e. The van der Waals surface area contributed by atoms with E-state index in [2.05, 4.69) is 5.32 Å². The van der Waals surface area contributed by atoms with E-state index < -0.39 is 0 Å². The molecule has 1 aliphatic heterocycles. The van der Waals surface area contributed by atoms with Crippen LogP contribution in [-0.4, -0.2) is 48.5 Å².